The number of hydrogen-bond acceptors (Lipinski definition) is 5. The summed E-state index contributed by atoms with van der Waals surface area (Å²) in [4.78, 5) is 30.7. The molecule has 0 spiro atoms. The summed E-state index contributed by atoms with van der Waals surface area (Å²) in [5.74, 6) is 0.271. The lowest BCUT2D eigenvalue weighted by atomic mass is 10.1. The number of carbonyl (C=O) groups is 2. The van der Waals surface area contributed by atoms with Crippen molar-refractivity contribution >= 4 is 23.4 Å². The fourth-order valence-electron chi connectivity index (χ4n) is 3.36. The van der Waals surface area contributed by atoms with Crippen molar-refractivity contribution in [1.82, 2.24) is 15.2 Å². The molecule has 2 unspecified atom stereocenters. The Balaban J connectivity index is 1.45. The van der Waals surface area contributed by atoms with Crippen molar-refractivity contribution in [3.63, 3.8) is 0 Å². The third-order valence-corrected chi connectivity index (χ3v) is 5.09. The fourth-order valence-corrected chi connectivity index (χ4v) is 3.36. The van der Waals surface area contributed by atoms with Gasteiger partial charge in [-0.1, -0.05) is 12.1 Å². The Labute approximate surface area is 169 Å². The van der Waals surface area contributed by atoms with Crippen LogP contribution in [0.2, 0.25) is 0 Å². The second kappa shape index (κ2) is 9.47. The Morgan fingerprint density at radius 2 is 2.10 bits per heavy atom. The van der Waals surface area contributed by atoms with Gasteiger partial charge in [-0.3, -0.25) is 15.0 Å². The lowest BCUT2D eigenvalue weighted by Crippen LogP contribution is -2.47. The van der Waals surface area contributed by atoms with Crippen LogP contribution in [0.15, 0.2) is 42.6 Å². The molecular weight excluding hydrogens is 373 g/mol. The second-order valence-corrected chi connectivity index (χ2v) is 7.35. The maximum atomic E-state index is 13.6. The van der Waals surface area contributed by atoms with Gasteiger partial charge in [0.25, 0.3) is 0 Å². The molecule has 0 saturated carbocycles. The van der Waals surface area contributed by atoms with E-state index in [0.717, 1.165) is 37.4 Å². The van der Waals surface area contributed by atoms with Gasteiger partial charge in [0.1, 0.15) is 11.6 Å². The zero-order valence-corrected chi connectivity index (χ0v) is 16.6. The third kappa shape index (κ3) is 5.74. The number of imide groups is 1. The Kier molecular flexibility index (Phi) is 6.77. The van der Waals surface area contributed by atoms with Crippen molar-refractivity contribution in [2.75, 3.05) is 30.3 Å². The number of anilines is 2. The number of pyridine rings is 1. The molecule has 1 aromatic carbocycles. The largest absolute Gasteiger partial charge is 0.370 e. The average Bonchev–Trinajstić information content (AvgIpc) is 3.16. The summed E-state index contributed by atoms with van der Waals surface area (Å²) >= 11 is 0. The van der Waals surface area contributed by atoms with Crippen molar-refractivity contribution in [3.8, 4) is 0 Å². The number of hydrogen-bond donors (Lipinski definition) is 3. The van der Waals surface area contributed by atoms with Crippen LogP contribution in [-0.2, 0) is 4.79 Å². The van der Waals surface area contributed by atoms with Crippen LogP contribution >= 0.6 is 0 Å². The lowest BCUT2D eigenvalue weighted by molar-refractivity contribution is -0.124. The molecule has 1 saturated heterocycles. The van der Waals surface area contributed by atoms with Crippen LogP contribution < -0.4 is 16.0 Å². The Morgan fingerprint density at radius 1 is 1.31 bits per heavy atom. The van der Waals surface area contributed by atoms with Gasteiger partial charge in [0.15, 0.2) is 0 Å². The molecular formula is C21H26FN5O2. The fraction of sp³-hybridized carbons (Fsp3) is 0.381. The predicted molar refractivity (Wildman–Crippen MR) is 110 cm³/mol. The summed E-state index contributed by atoms with van der Waals surface area (Å²) in [5, 5.41) is 7.99. The number of rotatable bonds is 6. The number of urea groups is 1. The van der Waals surface area contributed by atoms with Crippen molar-refractivity contribution in [3.05, 3.63) is 54.0 Å². The molecule has 7 nitrogen and oxygen atoms in total. The van der Waals surface area contributed by atoms with Crippen LogP contribution in [0.1, 0.15) is 18.9 Å². The molecule has 0 aliphatic carbocycles. The molecule has 29 heavy (non-hydrogen) atoms. The summed E-state index contributed by atoms with van der Waals surface area (Å²) in [6.07, 6.45) is 2.73. The van der Waals surface area contributed by atoms with E-state index in [0.29, 0.717) is 5.92 Å². The minimum absolute atomic E-state index is 0.0301. The van der Waals surface area contributed by atoms with Crippen molar-refractivity contribution in [2.45, 2.75) is 26.3 Å². The molecule has 1 aliphatic heterocycles. The van der Waals surface area contributed by atoms with Crippen molar-refractivity contribution in [2.24, 2.45) is 5.92 Å². The first-order valence-electron chi connectivity index (χ1n) is 9.69. The second-order valence-electron chi connectivity index (χ2n) is 7.35. The highest BCUT2D eigenvalue weighted by molar-refractivity contribution is 6.02. The molecule has 0 radical (unpaired) electrons. The molecule has 1 aliphatic rings. The minimum Gasteiger partial charge on any atom is -0.370 e. The van der Waals surface area contributed by atoms with E-state index in [2.05, 4.69) is 20.9 Å². The van der Waals surface area contributed by atoms with Gasteiger partial charge in [0, 0.05) is 19.3 Å². The molecule has 3 amide bonds. The first-order valence-corrected chi connectivity index (χ1v) is 9.69. The topological polar surface area (TPSA) is 86.4 Å². The molecule has 1 fully saturated rings. The normalized spacial score (nSPS) is 17.6. The number of aryl methyl sites for hydroxylation is 1. The van der Waals surface area contributed by atoms with E-state index in [1.54, 1.807) is 19.2 Å². The van der Waals surface area contributed by atoms with Crippen LogP contribution in [0.25, 0.3) is 0 Å². The first-order chi connectivity index (χ1) is 13.9. The zero-order chi connectivity index (χ0) is 20.8. The van der Waals surface area contributed by atoms with Crippen LogP contribution in [0, 0.1) is 18.7 Å². The summed E-state index contributed by atoms with van der Waals surface area (Å²) in [6, 6.07) is 8.56. The van der Waals surface area contributed by atoms with Gasteiger partial charge in [-0.2, -0.15) is 0 Å². The lowest BCUT2D eigenvalue weighted by Gasteiger charge is -2.23. The van der Waals surface area contributed by atoms with E-state index in [4.69, 9.17) is 0 Å². The molecule has 3 rings (SSSR count). The summed E-state index contributed by atoms with van der Waals surface area (Å²) in [7, 11) is 0. The van der Waals surface area contributed by atoms with Crippen molar-refractivity contribution < 1.29 is 14.0 Å². The quantitative estimate of drug-likeness (QED) is 0.695. The molecule has 3 N–H and O–H groups in total. The van der Waals surface area contributed by atoms with Crippen LogP contribution in [0.5, 0.6) is 0 Å². The molecule has 2 atom stereocenters. The SMILES string of the molecule is Cc1ccnc(NCC2CCN(C(C)C(=O)NC(=O)Nc3ccccc3F)C2)c1. The van der Waals surface area contributed by atoms with Gasteiger partial charge in [-0.05, 0) is 62.6 Å². The van der Waals surface area contributed by atoms with E-state index < -0.39 is 23.8 Å². The highest BCUT2D eigenvalue weighted by atomic mass is 19.1. The molecule has 2 aromatic rings. The highest BCUT2D eigenvalue weighted by Crippen LogP contribution is 2.19. The van der Waals surface area contributed by atoms with Gasteiger partial charge in [0.05, 0.1) is 11.7 Å². The Morgan fingerprint density at radius 3 is 2.86 bits per heavy atom. The minimum atomic E-state index is -0.741. The average molecular weight is 399 g/mol. The third-order valence-electron chi connectivity index (χ3n) is 5.09. The number of nitrogens with one attached hydrogen (secondary N) is 3. The number of aromatic nitrogens is 1. The number of amides is 3. The van der Waals surface area contributed by atoms with Gasteiger partial charge in [-0.15, -0.1) is 0 Å². The van der Waals surface area contributed by atoms with E-state index in [9.17, 15) is 14.0 Å². The molecule has 8 heteroatoms. The van der Waals surface area contributed by atoms with Crippen LogP contribution in [0.3, 0.4) is 0 Å². The molecule has 154 valence electrons. The van der Waals surface area contributed by atoms with Crippen molar-refractivity contribution in [1.29, 1.82) is 0 Å². The van der Waals surface area contributed by atoms with Gasteiger partial charge in [0.2, 0.25) is 5.91 Å². The van der Waals surface area contributed by atoms with E-state index in [-0.39, 0.29) is 5.69 Å². The Hall–Kier alpha value is -3.00. The number of carbonyl (C=O) groups excluding carboxylic acids is 2. The monoisotopic (exact) mass is 399 g/mol. The Bertz CT molecular complexity index is 876. The van der Waals surface area contributed by atoms with E-state index >= 15 is 0 Å². The van der Waals surface area contributed by atoms with Gasteiger partial charge in [-0.25, -0.2) is 14.2 Å². The summed E-state index contributed by atoms with van der Waals surface area (Å²) in [5.41, 5.74) is 1.18. The number of likely N-dealkylation sites (tertiary alicyclic amines) is 1. The number of nitrogens with zero attached hydrogens (tertiary/aromatic N) is 2. The summed E-state index contributed by atoms with van der Waals surface area (Å²) < 4.78 is 13.6. The smallest absolute Gasteiger partial charge is 0.326 e. The first kappa shape index (κ1) is 20.7. The van der Waals surface area contributed by atoms with Crippen LogP contribution in [0.4, 0.5) is 20.7 Å². The zero-order valence-electron chi connectivity index (χ0n) is 16.6. The van der Waals surface area contributed by atoms with Gasteiger partial charge >= 0.3 is 6.03 Å². The number of benzene rings is 1. The molecule has 0 bridgehead atoms. The molecule has 1 aromatic heterocycles. The van der Waals surface area contributed by atoms with E-state index in [1.807, 2.05) is 24.0 Å². The summed E-state index contributed by atoms with van der Waals surface area (Å²) in [6.45, 7) is 6.09. The highest BCUT2D eigenvalue weighted by Gasteiger charge is 2.30. The maximum Gasteiger partial charge on any atom is 0.326 e. The maximum absolute atomic E-state index is 13.6. The van der Waals surface area contributed by atoms with Crippen LogP contribution in [-0.4, -0.2) is 47.5 Å². The number of para-hydroxylation sites is 1. The molecule has 2 heterocycles. The predicted octanol–water partition coefficient (Wildman–Crippen LogP) is 3.00. The van der Waals surface area contributed by atoms with Gasteiger partial charge < -0.3 is 10.6 Å². The number of halogens is 1. The standard InChI is InChI=1S/C21H26FN5O2/c1-14-7-9-23-19(11-14)24-12-16-8-10-27(13-16)15(2)20(28)26-21(29)25-18-6-4-3-5-17(18)22/h3-7,9,11,15-16H,8,10,12-13H2,1-2H3,(H,23,24)(H2,25,26,28,29). The van der Waals surface area contributed by atoms with E-state index in [1.165, 1.54) is 18.2 Å².